The molecule has 8 heteroatoms. The van der Waals surface area contributed by atoms with E-state index in [1.165, 1.54) is 0 Å². The summed E-state index contributed by atoms with van der Waals surface area (Å²) in [6, 6.07) is 3.86. The minimum Gasteiger partial charge on any atom is -0.444 e. The normalized spacial score (nSPS) is 16.9. The van der Waals surface area contributed by atoms with E-state index in [4.69, 9.17) is 10.00 Å². The lowest BCUT2D eigenvalue weighted by Gasteiger charge is -2.20. The predicted molar refractivity (Wildman–Crippen MR) is 92.1 cm³/mol. The zero-order valence-corrected chi connectivity index (χ0v) is 13.4. The lowest BCUT2D eigenvalue weighted by Crippen LogP contribution is -2.31. The van der Waals surface area contributed by atoms with Gasteiger partial charge in [-0.1, -0.05) is 0 Å². The van der Waals surface area contributed by atoms with Crippen LogP contribution in [-0.4, -0.2) is 46.8 Å². The molecule has 3 aromatic rings. The highest BCUT2D eigenvalue weighted by molar-refractivity contribution is 6.10. The summed E-state index contributed by atoms with van der Waals surface area (Å²) >= 11 is 0. The summed E-state index contributed by atoms with van der Waals surface area (Å²) in [5, 5.41) is 14.0. The maximum absolute atomic E-state index is 11.6. The number of ether oxygens (including phenoxy) is 1. The number of alkyl carbamates (subject to hydrolysis) is 1. The molecule has 3 aromatic heterocycles. The molecule has 25 heavy (non-hydrogen) atoms. The first-order valence-electron chi connectivity index (χ1n) is 8.02. The van der Waals surface area contributed by atoms with Crippen LogP contribution in [0.3, 0.4) is 0 Å². The number of rotatable bonds is 3. The Kier molecular flexibility index (Phi) is 3.82. The fourth-order valence-electron chi connectivity index (χ4n) is 3.25. The number of aromatic nitrogens is 3. The van der Waals surface area contributed by atoms with Crippen molar-refractivity contribution in [1.82, 2.24) is 20.3 Å². The molecule has 1 unspecified atom stereocenters. The van der Waals surface area contributed by atoms with E-state index in [1.807, 2.05) is 30.7 Å². The van der Waals surface area contributed by atoms with Gasteiger partial charge >= 0.3 is 6.09 Å². The van der Waals surface area contributed by atoms with Crippen molar-refractivity contribution < 1.29 is 9.53 Å². The Bertz CT molecular complexity index is 976. The second-order valence-corrected chi connectivity index (χ2v) is 5.89. The molecule has 1 aliphatic rings. The second-order valence-electron chi connectivity index (χ2n) is 5.89. The first-order chi connectivity index (χ1) is 12.3. The number of fused-ring (bicyclic) bond motifs is 3. The van der Waals surface area contributed by atoms with E-state index < -0.39 is 6.09 Å². The van der Waals surface area contributed by atoms with Crippen LogP contribution in [0.25, 0.3) is 21.8 Å². The van der Waals surface area contributed by atoms with Gasteiger partial charge in [0.25, 0.3) is 0 Å². The van der Waals surface area contributed by atoms with Crippen molar-refractivity contribution in [1.29, 1.82) is 5.26 Å². The average Bonchev–Trinajstić information content (AvgIpc) is 3.28. The van der Waals surface area contributed by atoms with Crippen LogP contribution < -0.4 is 10.2 Å². The minimum absolute atomic E-state index is 0.0546. The van der Waals surface area contributed by atoms with Gasteiger partial charge in [0.2, 0.25) is 0 Å². The molecule has 1 amide bonds. The Labute approximate surface area is 143 Å². The summed E-state index contributed by atoms with van der Waals surface area (Å²) in [6.07, 6.45) is 7.29. The summed E-state index contributed by atoms with van der Waals surface area (Å²) in [5.74, 6) is 0. The van der Waals surface area contributed by atoms with Crippen molar-refractivity contribution in [2.24, 2.45) is 0 Å². The van der Waals surface area contributed by atoms with Crippen molar-refractivity contribution in [3.8, 4) is 6.07 Å². The number of nitrogens with one attached hydrogen (secondary N) is 2. The van der Waals surface area contributed by atoms with E-state index >= 15 is 0 Å². The minimum atomic E-state index is -0.554. The highest BCUT2D eigenvalue weighted by Gasteiger charge is 2.27. The Balaban J connectivity index is 1.60. The summed E-state index contributed by atoms with van der Waals surface area (Å²) < 4.78 is 5.37. The first kappa shape index (κ1) is 15.2. The smallest absolute Gasteiger partial charge is 0.408 e. The van der Waals surface area contributed by atoms with Crippen LogP contribution in [-0.2, 0) is 4.74 Å². The Morgan fingerprint density at radius 2 is 2.40 bits per heavy atom. The number of nitriles is 1. The molecule has 0 radical (unpaired) electrons. The molecule has 8 nitrogen and oxygen atoms in total. The Morgan fingerprint density at radius 3 is 3.28 bits per heavy atom. The maximum Gasteiger partial charge on any atom is 0.408 e. The number of carbonyl (C=O) groups is 1. The summed E-state index contributed by atoms with van der Waals surface area (Å²) in [5.41, 5.74) is 1.84. The van der Waals surface area contributed by atoms with E-state index in [9.17, 15) is 4.79 Å². The van der Waals surface area contributed by atoms with Gasteiger partial charge in [0, 0.05) is 47.7 Å². The quantitative estimate of drug-likeness (QED) is 0.708. The molecule has 1 saturated heterocycles. The number of aromatic amines is 1. The fraction of sp³-hybridized carbons (Fsp3) is 0.294. The summed E-state index contributed by atoms with van der Waals surface area (Å²) in [6.45, 7) is 1.31. The summed E-state index contributed by atoms with van der Waals surface area (Å²) in [7, 11) is 0. The zero-order valence-electron chi connectivity index (χ0n) is 13.4. The number of hydrogen-bond acceptors (Lipinski definition) is 6. The number of nitrogens with zero attached hydrogens (tertiary/aromatic N) is 4. The van der Waals surface area contributed by atoms with Crippen molar-refractivity contribution in [3.63, 3.8) is 0 Å². The van der Waals surface area contributed by atoms with Gasteiger partial charge in [0.15, 0.2) is 0 Å². The third kappa shape index (κ3) is 2.80. The third-order valence-electron chi connectivity index (χ3n) is 4.35. The molecule has 0 spiro atoms. The van der Waals surface area contributed by atoms with Crippen molar-refractivity contribution >= 4 is 33.6 Å². The molecule has 4 heterocycles. The SMILES string of the molecule is N#CCNC(=O)OC1CCN(c2cncc3cnc4[nH]ccc4c23)C1. The Morgan fingerprint density at radius 1 is 1.48 bits per heavy atom. The van der Waals surface area contributed by atoms with Gasteiger partial charge in [-0.25, -0.2) is 9.78 Å². The number of H-pyrrole nitrogens is 1. The number of hydrogen-bond donors (Lipinski definition) is 2. The van der Waals surface area contributed by atoms with Gasteiger partial charge < -0.3 is 19.9 Å². The molecule has 0 saturated carbocycles. The van der Waals surface area contributed by atoms with Gasteiger partial charge in [0.1, 0.15) is 18.3 Å². The van der Waals surface area contributed by atoms with E-state index in [0.717, 1.165) is 40.5 Å². The highest BCUT2D eigenvalue weighted by atomic mass is 16.6. The number of carbonyl (C=O) groups excluding carboxylic acids is 1. The number of pyridine rings is 2. The highest BCUT2D eigenvalue weighted by Crippen LogP contribution is 2.33. The van der Waals surface area contributed by atoms with Gasteiger partial charge in [-0.05, 0) is 6.07 Å². The van der Waals surface area contributed by atoms with Crippen LogP contribution in [0.1, 0.15) is 6.42 Å². The fourth-order valence-corrected chi connectivity index (χ4v) is 3.25. The largest absolute Gasteiger partial charge is 0.444 e. The average molecular weight is 336 g/mol. The van der Waals surface area contributed by atoms with Crippen LogP contribution in [0.4, 0.5) is 10.5 Å². The molecule has 1 atom stereocenters. The second kappa shape index (κ2) is 6.28. The van der Waals surface area contributed by atoms with Gasteiger partial charge in [-0.2, -0.15) is 5.26 Å². The lowest BCUT2D eigenvalue weighted by molar-refractivity contribution is 0.109. The monoisotopic (exact) mass is 336 g/mol. The molecule has 2 N–H and O–H groups in total. The molecule has 4 rings (SSSR count). The van der Waals surface area contributed by atoms with Crippen LogP contribution >= 0.6 is 0 Å². The van der Waals surface area contributed by atoms with Crippen molar-refractivity contribution in [3.05, 3.63) is 30.9 Å². The van der Waals surface area contributed by atoms with Gasteiger partial charge in [-0.3, -0.25) is 4.98 Å². The molecule has 0 aliphatic carbocycles. The third-order valence-corrected chi connectivity index (χ3v) is 4.35. The molecule has 0 bridgehead atoms. The first-order valence-corrected chi connectivity index (χ1v) is 8.02. The zero-order chi connectivity index (χ0) is 17.2. The van der Waals surface area contributed by atoms with E-state index in [1.54, 1.807) is 6.20 Å². The maximum atomic E-state index is 11.6. The van der Waals surface area contributed by atoms with Crippen molar-refractivity contribution in [2.45, 2.75) is 12.5 Å². The molecular formula is C17H16N6O2. The lowest BCUT2D eigenvalue weighted by atomic mass is 10.1. The summed E-state index contributed by atoms with van der Waals surface area (Å²) in [4.78, 5) is 25.7. The van der Waals surface area contributed by atoms with E-state index in [2.05, 4.69) is 25.2 Å². The van der Waals surface area contributed by atoms with Gasteiger partial charge in [-0.15, -0.1) is 0 Å². The molecule has 1 fully saturated rings. The van der Waals surface area contributed by atoms with Crippen LogP contribution in [0.5, 0.6) is 0 Å². The number of anilines is 1. The van der Waals surface area contributed by atoms with E-state index in [0.29, 0.717) is 6.54 Å². The predicted octanol–water partition coefficient (Wildman–Crippen LogP) is 1.94. The van der Waals surface area contributed by atoms with Crippen LogP contribution in [0, 0.1) is 11.3 Å². The molecule has 126 valence electrons. The van der Waals surface area contributed by atoms with Crippen LogP contribution in [0.2, 0.25) is 0 Å². The molecule has 1 aliphatic heterocycles. The van der Waals surface area contributed by atoms with Gasteiger partial charge in [0.05, 0.1) is 24.5 Å². The Hall–Kier alpha value is -3.34. The molecule has 0 aromatic carbocycles. The van der Waals surface area contributed by atoms with Crippen molar-refractivity contribution in [2.75, 3.05) is 24.5 Å². The topological polar surface area (TPSA) is 107 Å². The van der Waals surface area contributed by atoms with Crippen LogP contribution in [0.15, 0.2) is 30.9 Å². The molecular weight excluding hydrogens is 320 g/mol. The number of amides is 1. The van der Waals surface area contributed by atoms with E-state index in [-0.39, 0.29) is 12.6 Å². The standard InChI is InChI=1S/C17H16N6O2/c18-3-5-21-17(24)25-12-2-6-23(10-12)14-9-19-7-11-8-22-16-13(15(11)14)1-4-20-16/h1,4,7-9,12H,2,5-6,10H2,(H,20,22)(H,21,24).